The van der Waals surface area contributed by atoms with Gasteiger partial charge < -0.3 is 15.2 Å². The Balaban J connectivity index is 1.29. The van der Waals surface area contributed by atoms with Crippen molar-refractivity contribution in [2.45, 2.75) is 46.6 Å². The Kier molecular flexibility index (Phi) is 6.06. The second-order valence-corrected chi connectivity index (χ2v) is 8.52. The van der Waals surface area contributed by atoms with E-state index in [0.717, 1.165) is 47.6 Å². The fourth-order valence-electron chi connectivity index (χ4n) is 4.41. The number of H-pyrrole nitrogens is 1. The summed E-state index contributed by atoms with van der Waals surface area (Å²) in [6.07, 6.45) is 2.33. The molecule has 0 unspecified atom stereocenters. The zero-order valence-electron chi connectivity index (χ0n) is 18.4. The second kappa shape index (κ2) is 8.91. The van der Waals surface area contributed by atoms with Gasteiger partial charge in [0.1, 0.15) is 5.82 Å². The van der Waals surface area contributed by atoms with Gasteiger partial charge in [-0.1, -0.05) is 0 Å². The van der Waals surface area contributed by atoms with E-state index in [1.54, 1.807) is 0 Å². The maximum absolute atomic E-state index is 13.0. The highest BCUT2D eigenvalue weighted by molar-refractivity contribution is 5.97. The van der Waals surface area contributed by atoms with Crippen LogP contribution in [0.2, 0.25) is 0 Å². The first-order chi connectivity index (χ1) is 14.9. The summed E-state index contributed by atoms with van der Waals surface area (Å²) in [5.41, 5.74) is 4.47. The van der Waals surface area contributed by atoms with Crippen LogP contribution in [0.25, 0.3) is 11.0 Å². The highest BCUT2D eigenvalue weighted by Gasteiger charge is 2.26. The van der Waals surface area contributed by atoms with Crippen LogP contribution in [-0.2, 0) is 11.3 Å². The number of amides is 2. The van der Waals surface area contributed by atoms with Crippen molar-refractivity contribution in [3.63, 3.8) is 0 Å². The summed E-state index contributed by atoms with van der Waals surface area (Å²) in [7, 11) is 0. The normalized spacial score (nSPS) is 16.6. The minimum atomic E-state index is 0.0174. The molecule has 1 aliphatic heterocycles. The van der Waals surface area contributed by atoms with E-state index < -0.39 is 0 Å². The summed E-state index contributed by atoms with van der Waals surface area (Å²) in [4.78, 5) is 34.9. The van der Waals surface area contributed by atoms with E-state index in [0.29, 0.717) is 31.6 Å². The van der Waals surface area contributed by atoms with Crippen LogP contribution in [0.1, 0.15) is 46.8 Å². The number of rotatable bonds is 6. The van der Waals surface area contributed by atoms with E-state index in [2.05, 4.69) is 20.4 Å². The van der Waals surface area contributed by atoms with E-state index >= 15 is 0 Å². The van der Waals surface area contributed by atoms with Gasteiger partial charge in [-0.2, -0.15) is 5.10 Å². The number of nitrogens with zero attached hydrogens (tertiary/aromatic N) is 4. The number of hydrogen-bond donors (Lipinski definition) is 2. The SMILES string of the molecule is Cc1cc(C)n(CCNC(=O)C[C@@H]2CCCN(C(=O)c3ccc4nc(C)[nH]c4c3)C2)n1. The summed E-state index contributed by atoms with van der Waals surface area (Å²) in [5, 5.41) is 7.41. The highest BCUT2D eigenvalue weighted by Crippen LogP contribution is 2.22. The third-order valence-electron chi connectivity index (χ3n) is 5.88. The van der Waals surface area contributed by atoms with Crippen molar-refractivity contribution in [3.05, 3.63) is 47.0 Å². The van der Waals surface area contributed by atoms with Gasteiger partial charge in [-0.3, -0.25) is 14.3 Å². The van der Waals surface area contributed by atoms with Gasteiger partial charge in [0.2, 0.25) is 5.91 Å². The van der Waals surface area contributed by atoms with Crippen molar-refractivity contribution in [3.8, 4) is 0 Å². The van der Waals surface area contributed by atoms with Gasteiger partial charge in [-0.25, -0.2) is 4.98 Å². The predicted octanol–water partition coefficient (Wildman–Crippen LogP) is 2.74. The molecule has 1 fully saturated rings. The topological polar surface area (TPSA) is 95.9 Å². The Morgan fingerprint density at radius 3 is 2.84 bits per heavy atom. The molecule has 31 heavy (non-hydrogen) atoms. The fraction of sp³-hybridized carbons (Fsp3) is 0.478. The monoisotopic (exact) mass is 422 g/mol. The molecule has 164 valence electrons. The quantitative estimate of drug-likeness (QED) is 0.638. The molecule has 0 aliphatic carbocycles. The number of piperidine rings is 1. The van der Waals surface area contributed by atoms with E-state index in [4.69, 9.17) is 0 Å². The largest absolute Gasteiger partial charge is 0.354 e. The first-order valence-electron chi connectivity index (χ1n) is 10.9. The van der Waals surface area contributed by atoms with Gasteiger partial charge in [0, 0.05) is 37.3 Å². The van der Waals surface area contributed by atoms with Gasteiger partial charge >= 0.3 is 0 Å². The number of aromatic amines is 1. The summed E-state index contributed by atoms with van der Waals surface area (Å²) in [6, 6.07) is 7.61. The average molecular weight is 423 g/mol. The molecule has 2 N–H and O–H groups in total. The number of imidazole rings is 1. The molecule has 8 heteroatoms. The molecular weight excluding hydrogens is 392 g/mol. The number of aromatic nitrogens is 4. The smallest absolute Gasteiger partial charge is 0.253 e. The van der Waals surface area contributed by atoms with Crippen LogP contribution in [0, 0.1) is 26.7 Å². The van der Waals surface area contributed by atoms with Gasteiger partial charge in [0.05, 0.1) is 23.3 Å². The molecule has 1 atom stereocenters. The summed E-state index contributed by atoms with van der Waals surface area (Å²) in [5.74, 6) is 1.07. The van der Waals surface area contributed by atoms with Gasteiger partial charge in [-0.15, -0.1) is 0 Å². The number of aryl methyl sites for hydroxylation is 3. The number of carbonyl (C=O) groups is 2. The molecule has 2 amide bonds. The van der Waals surface area contributed by atoms with Crippen molar-refractivity contribution < 1.29 is 9.59 Å². The highest BCUT2D eigenvalue weighted by atomic mass is 16.2. The van der Waals surface area contributed by atoms with Crippen LogP contribution in [0.4, 0.5) is 0 Å². The molecule has 1 aliphatic rings. The van der Waals surface area contributed by atoms with Crippen LogP contribution in [0.15, 0.2) is 24.3 Å². The van der Waals surface area contributed by atoms with Gasteiger partial charge in [-0.05, 0) is 63.8 Å². The Bertz CT molecular complexity index is 1100. The number of likely N-dealkylation sites (tertiary alicyclic amines) is 1. The molecular formula is C23H30N6O2. The Morgan fingerprint density at radius 2 is 2.06 bits per heavy atom. The second-order valence-electron chi connectivity index (χ2n) is 8.52. The van der Waals surface area contributed by atoms with Crippen LogP contribution >= 0.6 is 0 Å². The van der Waals surface area contributed by atoms with E-state index in [1.807, 2.05) is 54.6 Å². The Hall–Kier alpha value is -3.16. The Morgan fingerprint density at radius 1 is 1.23 bits per heavy atom. The number of fused-ring (bicyclic) bond motifs is 1. The molecule has 3 aromatic rings. The fourth-order valence-corrected chi connectivity index (χ4v) is 4.41. The zero-order chi connectivity index (χ0) is 22.0. The van der Waals surface area contributed by atoms with Crippen LogP contribution < -0.4 is 5.32 Å². The minimum absolute atomic E-state index is 0.0174. The third kappa shape index (κ3) is 4.95. The lowest BCUT2D eigenvalue weighted by Crippen LogP contribution is -2.41. The molecule has 1 aromatic carbocycles. The summed E-state index contributed by atoms with van der Waals surface area (Å²) < 4.78 is 1.91. The molecule has 0 radical (unpaired) electrons. The lowest BCUT2D eigenvalue weighted by Gasteiger charge is -2.32. The maximum Gasteiger partial charge on any atom is 0.253 e. The number of carbonyl (C=O) groups excluding carboxylic acids is 2. The molecule has 0 bridgehead atoms. The third-order valence-corrected chi connectivity index (χ3v) is 5.88. The van der Waals surface area contributed by atoms with E-state index in [9.17, 15) is 9.59 Å². The van der Waals surface area contributed by atoms with Crippen LogP contribution in [0.3, 0.4) is 0 Å². The lowest BCUT2D eigenvalue weighted by molar-refractivity contribution is -0.122. The number of nitrogens with one attached hydrogen (secondary N) is 2. The van der Waals surface area contributed by atoms with Crippen molar-refractivity contribution in [2.75, 3.05) is 19.6 Å². The molecule has 0 spiro atoms. The van der Waals surface area contributed by atoms with Crippen molar-refractivity contribution in [2.24, 2.45) is 5.92 Å². The molecule has 8 nitrogen and oxygen atoms in total. The first kappa shape index (κ1) is 21.1. The Labute approximate surface area is 182 Å². The molecule has 3 heterocycles. The van der Waals surface area contributed by atoms with E-state index in [-0.39, 0.29) is 17.7 Å². The lowest BCUT2D eigenvalue weighted by atomic mass is 9.94. The summed E-state index contributed by atoms with van der Waals surface area (Å²) in [6.45, 7) is 8.45. The predicted molar refractivity (Wildman–Crippen MR) is 119 cm³/mol. The molecule has 2 aromatic heterocycles. The van der Waals surface area contributed by atoms with Crippen LogP contribution in [-0.4, -0.2) is 56.1 Å². The molecule has 4 rings (SSSR count). The number of benzene rings is 1. The van der Waals surface area contributed by atoms with Gasteiger partial charge in [0.25, 0.3) is 5.91 Å². The standard InChI is InChI=1S/C23H30N6O2/c1-15-11-16(2)29(27-15)10-8-24-22(30)12-18-5-4-9-28(14-18)23(31)19-6-7-20-21(13-19)26-17(3)25-20/h6-7,11,13,18H,4-5,8-10,12,14H2,1-3H3,(H,24,30)(H,25,26)/t18-/m0/s1. The molecule has 1 saturated heterocycles. The molecule has 0 saturated carbocycles. The van der Waals surface area contributed by atoms with Crippen molar-refractivity contribution in [1.29, 1.82) is 0 Å². The van der Waals surface area contributed by atoms with Gasteiger partial charge in [0.15, 0.2) is 0 Å². The summed E-state index contributed by atoms with van der Waals surface area (Å²) >= 11 is 0. The maximum atomic E-state index is 13.0. The van der Waals surface area contributed by atoms with E-state index in [1.165, 1.54) is 0 Å². The van der Waals surface area contributed by atoms with Crippen molar-refractivity contribution >= 4 is 22.8 Å². The zero-order valence-corrected chi connectivity index (χ0v) is 18.4. The minimum Gasteiger partial charge on any atom is -0.354 e. The first-order valence-corrected chi connectivity index (χ1v) is 10.9. The number of hydrogen-bond acceptors (Lipinski definition) is 4. The van der Waals surface area contributed by atoms with Crippen molar-refractivity contribution in [1.82, 2.24) is 30.0 Å². The van der Waals surface area contributed by atoms with Crippen LogP contribution in [0.5, 0.6) is 0 Å². The average Bonchev–Trinajstić information content (AvgIpc) is 3.26.